The number of nitrogens with two attached hydrogens (primary N) is 1. The van der Waals surface area contributed by atoms with Crippen LogP contribution in [0.15, 0.2) is 24.3 Å². The molecule has 3 N–H and O–H groups in total. The minimum atomic E-state index is -0.351. The van der Waals surface area contributed by atoms with Gasteiger partial charge in [-0.15, -0.1) is 0 Å². The van der Waals surface area contributed by atoms with Crippen molar-refractivity contribution in [3.05, 3.63) is 29.8 Å². The van der Waals surface area contributed by atoms with Gasteiger partial charge in [0.1, 0.15) is 5.75 Å². The van der Waals surface area contributed by atoms with E-state index in [2.05, 4.69) is 6.92 Å². The number of hydrogen-bond donors (Lipinski definition) is 2. The number of hydrogen-bond acceptors (Lipinski definition) is 3. The Hall–Kier alpha value is -1.06. The summed E-state index contributed by atoms with van der Waals surface area (Å²) in [6.45, 7) is 2.61. The van der Waals surface area contributed by atoms with Gasteiger partial charge in [0.15, 0.2) is 0 Å². The molecule has 3 unspecified atom stereocenters. The van der Waals surface area contributed by atoms with Crippen molar-refractivity contribution in [2.24, 2.45) is 17.6 Å². The molecular formula is C15H23NO2. The number of aliphatic hydroxyl groups excluding tert-OH is 1. The lowest BCUT2D eigenvalue weighted by Crippen LogP contribution is -2.32. The van der Waals surface area contributed by atoms with Gasteiger partial charge in [0.25, 0.3) is 0 Å². The maximum atomic E-state index is 10.5. The van der Waals surface area contributed by atoms with Crippen molar-refractivity contribution >= 4 is 0 Å². The number of aliphatic hydroxyl groups is 1. The van der Waals surface area contributed by atoms with Crippen LogP contribution in [-0.2, 0) is 0 Å². The van der Waals surface area contributed by atoms with Crippen LogP contribution in [0.25, 0.3) is 0 Å². The molecule has 2 rings (SSSR count). The summed E-state index contributed by atoms with van der Waals surface area (Å²) in [6.07, 6.45) is 2.15. The van der Waals surface area contributed by atoms with E-state index in [-0.39, 0.29) is 12.0 Å². The lowest BCUT2D eigenvalue weighted by atomic mass is 9.84. The first-order chi connectivity index (χ1) is 8.67. The Kier molecular flexibility index (Phi) is 4.25. The van der Waals surface area contributed by atoms with E-state index in [1.54, 1.807) is 7.11 Å². The zero-order chi connectivity index (χ0) is 13.1. The fourth-order valence-electron chi connectivity index (χ4n) is 2.59. The second kappa shape index (κ2) is 5.72. The van der Waals surface area contributed by atoms with E-state index in [4.69, 9.17) is 10.5 Å². The molecule has 1 fully saturated rings. The minimum absolute atomic E-state index is 0.0199. The lowest BCUT2D eigenvalue weighted by Gasteiger charge is -2.27. The van der Waals surface area contributed by atoms with E-state index < -0.39 is 0 Å². The maximum absolute atomic E-state index is 10.5. The summed E-state index contributed by atoms with van der Waals surface area (Å²) in [5.41, 5.74) is 6.94. The molecule has 3 nitrogen and oxygen atoms in total. The van der Waals surface area contributed by atoms with Crippen molar-refractivity contribution in [1.29, 1.82) is 0 Å². The lowest BCUT2D eigenvalue weighted by molar-refractivity contribution is 0.0801. The summed E-state index contributed by atoms with van der Waals surface area (Å²) < 4.78 is 5.14. The average molecular weight is 249 g/mol. The molecular weight excluding hydrogens is 226 g/mol. The summed E-state index contributed by atoms with van der Waals surface area (Å²) >= 11 is 0. The third-order valence-electron chi connectivity index (χ3n) is 4.11. The molecule has 0 aliphatic heterocycles. The molecule has 0 heterocycles. The van der Waals surface area contributed by atoms with E-state index in [9.17, 15) is 5.11 Å². The van der Waals surface area contributed by atoms with Crippen molar-refractivity contribution in [2.75, 3.05) is 13.7 Å². The third-order valence-corrected chi connectivity index (χ3v) is 4.11. The molecule has 1 aliphatic rings. The molecule has 1 aromatic carbocycles. The fraction of sp³-hybridized carbons (Fsp3) is 0.600. The van der Waals surface area contributed by atoms with E-state index in [1.807, 2.05) is 24.3 Å². The summed E-state index contributed by atoms with van der Waals surface area (Å²) in [7, 11) is 1.65. The van der Waals surface area contributed by atoms with Crippen LogP contribution in [0.4, 0.5) is 0 Å². The summed E-state index contributed by atoms with van der Waals surface area (Å²) in [5.74, 6) is 1.87. The van der Waals surface area contributed by atoms with Crippen LogP contribution in [-0.4, -0.2) is 24.9 Å². The highest BCUT2D eigenvalue weighted by Crippen LogP contribution is 2.41. The molecule has 0 spiro atoms. The molecule has 1 aliphatic carbocycles. The highest BCUT2D eigenvalue weighted by Gasteiger charge is 2.36. The quantitative estimate of drug-likeness (QED) is 0.812. The Morgan fingerprint density at radius 2 is 1.94 bits per heavy atom. The Morgan fingerprint density at radius 3 is 2.39 bits per heavy atom. The number of benzene rings is 1. The molecule has 0 amide bonds. The first-order valence-corrected chi connectivity index (χ1v) is 6.69. The van der Waals surface area contributed by atoms with Gasteiger partial charge in [-0.25, -0.2) is 0 Å². The predicted molar refractivity (Wildman–Crippen MR) is 72.7 cm³/mol. The predicted octanol–water partition coefficient (Wildman–Crippen LogP) is 2.14. The van der Waals surface area contributed by atoms with Gasteiger partial charge < -0.3 is 15.6 Å². The molecule has 100 valence electrons. The van der Waals surface area contributed by atoms with E-state index in [0.717, 1.165) is 11.3 Å². The number of ether oxygens (including phenoxy) is 1. The number of rotatable bonds is 6. The molecule has 1 saturated carbocycles. The minimum Gasteiger partial charge on any atom is -0.497 e. The van der Waals surface area contributed by atoms with Crippen LogP contribution >= 0.6 is 0 Å². The largest absolute Gasteiger partial charge is 0.497 e. The molecule has 0 aromatic heterocycles. The second-order valence-corrected chi connectivity index (χ2v) is 5.30. The van der Waals surface area contributed by atoms with Crippen LogP contribution in [0, 0.1) is 11.8 Å². The molecule has 1 aromatic rings. The molecule has 0 bridgehead atoms. The van der Waals surface area contributed by atoms with E-state index in [1.165, 1.54) is 12.8 Å². The van der Waals surface area contributed by atoms with Crippen molar-refractivity contribution in [3.63, 3.8) is 0 Å². The van der Waals surface area contributed by atoms with Crippen LogP contribution in [0.2, 0.25) is 0 Å². The van der Waals surface area contributed by atoms with Gasteiger partial charge in [0.2, 0.25) is 0 Å². The second-order valence-electron chi connectivity index (χ2n) is 5.30. The first kappa shape index (κ1) is 13.4. The number of methoxy groups -OCH3 is 1. The Labute approximate surface area is 109 Å². The summed E-state index contributed by atoms with van der Waals surface area (Å²) in [6, 6.07) is 7.84. The Balaban J connectivity index is 2.10. The van der Waals surface area contributed by atoms with Crippen LogP contribution < -0.4 is 10.5 Å². The monoisotopic (exact) mass is 249 g/mol. The van der Waals surface area contributed by atoms with Gasteiger partial charge in [0.05, 0.1) is 13.2 Å². The molecule has 3 atom stereocenters. The van der Waals surface area contributed by atoms with Crippen LogP contribution in [0.5, 0.6) is 5.75 Å². The average Bonchev–Trinajstić information content (AvgIpc) is 3.23. The molecule has 0 radical (unpaired) electrons. The van der Waals surface area contributed by atoms with Gasteiger partial charge in [-0.2, -0.15) is 0 Å². The highest BCUT2D eigenvalue weighted by molar-refractivity contribution is 5.30. The van der Waals surface area contributed by atoms with Gasteiger partial charge in [-0.3, -0.25) is 0 Å². The zero-order valence-corrected chi connectivity index (χ0v) is 11.2. The van der Waals surface area contributed by atoms with E-state index >= 15 is 0 Å². The van der Waals surface area contributed by atoms with Crippen molar-refractivity contribution in [2.45, 2.75) is 31.8 Å². The van der Waals surface area contributed by atoms with Crippen LogP contribution in [0.1, 0.15) is 31.2 Å². The molecule has 0 saturated heterocycles. The highest BCUT2D eigenvalue weighted by atomic mass is 16.5. The van der Waals surface area contributed by atoms with Crippen molar-refractivity contribution in [1.82, 2.24) is 0 Å². The Morgan fingerprint density at radius 1 is 1.33 bits per heavy atom. The standard InChI is InChI=1S/C15H23NO2/c1-10(11-3-4-11)15(17)14(9-16)12-5-7-13(18-2)8-6-12/h5-8,10-11,14-15,17H,3-4,9,16H2,1-2H3. The Bertz CT molecular complexity index is 373. The zero-order valence-electron chi connectivity index (χ0n) is 11.2. The molecule has 3 heteroatoms. The third kappa shape index (κ3) is 2.85. The van der Waals surface area contributed by atoms with Gasteiger partial charge >= 0.3 is 0 Å². The SMILES string of the molecule is COc1ccc(C(CN)C(O)C(C)C2CC2)cc1. The van der Waals surface area contributed by atoms with Crippen molar-refractivity contribution < 1.29 is 9.84 Å². The van der Waals surface area contributed by atoms with E-state index in [0.29, 0.717) is 18.4 Å². The summed E-state index contributed by atoms with van der Waals surface area (Å²) in [5, 5.41) is 10.5. The van der Waals surface area contributed by atoms with Crippen molar-refractivity contribution in [3.8, 4) is 5.75 Å². The summed E-state index contributed by atoms with van der Waals surface area (Å²) in [4.78, 5) is 0. The smallest absolute Gasteiger partial charge is 0.118 e. The van der Waals surface area contributed by atoms with Gasteiger partial charge in [-0.05, 0) is 42.4 Å². The molecule has 18 heavy (non-hydrogen) atoms. The normalized spacial score (nSPS) is 20.2. The first-order valence-electron chi connectivity index (χ1n) is 6.69. The van der Waals surface area contributed by atoms with Gasteiger partial charge in [0, 0.05) is 12.5 Å². The topological polar surface area (TPSA) is 55.5 Å². The fourth-order valence-corrected chi connectivity index (χ4v) is 2.59. The van der Waals surface area contributed by atoms with Gasteiger partial charge in [-0.1, -0.05) is 19.1 Å². The van der Waals surface area contributed by atoms with Crippen LogP contribution in [0.3, 0.4) is 0 Å². The maximum Gasteiger partial charge on any atom is 0.118 e.